The summed E-state index contributed by atoms with van der Waals surface area (Å²) in [6.07, 6.45) is 3.73. The van der Waals surface area contributed by atoms with Crippen molar-refractivity contribution in [3.63, 3.8) is 0 Å². The fraction of sp³-hybridized carbons (Fsp3) is 0.765. The lowest BCUT2D eigenvalue weighted by Gasteiger charge is -2.26. The topological polar surface area (TPSA) is 54.5 Å². The molecule has 2 heterocycles. The average molecular weight is 340 g/mol. The van der Waals surface area contributed by atoms with Gasteiger partial charge in [-0.15, -0.1) is 11.3 Å². The van der Waals surface area contributed by atoms with E-state index < -0.39 is 0 Å². The molecule has 2 rings (SSSR count). The molecule has 1 aromatic heterocycles. The van der Waals surface area contributed by atoms with E-state index in [0.29, 0.717) is 5.92 Å². The molecule has 1 saturated heterocycles. The zero-order chi connectivity index (χ0) is 17.0. The second kappa shape index (κ2) is 7.62. The molecular formula is C17H29N3O2S. The predicted octanol–water partition coefficient (Wildman–Crippen LogP) is 4.07. The number of aryl methyl sites for hydroxylation is 1. The third-order valence-corrected chi connectivity index (χ3v) is 5.38. The van der Waals surface area contributed by atoms with E-state index in [-0.39, 0.29) is 11.6 Å². The zero-order valence-electron chi connectivity index (χ0n) is 14.9. The van der Waals surface area contributed by atoms with E-state index in [1.165, 1.54) is 0 Å². The Morgan fingerprint density at radius 2 is 2.17 bits per heavy atom. The Kier molecular flexibility index (Phi) is 6.03. The number of amides is 2. The number of anilines is 1. The molecule has 0 saturated carbocycles. The molecule has 0 unspecified atom stereocenters. The van der Waals surface area contributed by atoms with Crippen LogP contribution in [0.2, 0.25) is 0 Å². The van der Waals surface area contributed by atoms with Gasteiger partial charge in [-0.25, -0.2) is 9.78 Å². The summed E-state index contributed by atoms with van der Waals surface area (Å²) in [6.45, 7) is 9.96. The Bertz CT molecular complexity index is 544. The summed E-state index contributed by atoms with van der Waals surface area (Å²) in [6, 6.07) is -0.0148. The lowest BCUT2D eigenvalue weighted by atomic mass is 9.97. The second-order valence-electron chi connectivity index (χ2n) is 7.03. The average Bonchev–Trinajstić information content (AvgIpc) is 2.70. The highest BCUT2D eigenvalue weighted by Gasteiger charge is 2.29. The predicted molar refractivity (Wildman–Crippen MR) is 95.2 cm³/mol. The van der Waals surface area contributed by atoms with Gasteiger partial charge in [0, 0.05) is 20.2 Å². The molecule has 1 aliphatic rings. The number of methoxy groups -OCH3 is 1. The number of ether oxygens (including phenoxy) is 1. The largest absolute Gasteiger partial charge is 0.378 e. The number of rotatable bonds is 4. The van der Waals surface area contributed by atoms with Crippen LogP contribution in [0.4, 0.5) is 9.80 Å². The Balaban J connectivity index is 2.02. The van der Waals surface area contributed by atoms with Crippen LogP contribution < -0.4 is 5.32 Å². The van der Waals surface area contributed by atoms with Crippen molar-refractivity contribution >= 4 is 22.4 Å². The first-order chi connectivity index (χ1) is 10.8. The van der Waals surface area contributed by atoms with Gasteiger partial charge < -0.3 is 9.64 Å². The zero-order valence-corrected chi connectivity index (χ0v) is 15.8. The molecule has 1 aliphatic heterocycles. The van der Waals surface area contributed by atoms with Crippen molar-refractivity contribution in [2.75, 3.05) is 25.5 Å². The van der Waals surface area contributed by atoms with Gasteiger partial charge in [-0.2, -0.15) is 0 Å². The smallest absolute Gasteiger partial charge is 0.322 e. The van der Waals surface area contributed by atoms with E-state index in [2.05, 4.69) is 31.1 Å². The van der Waals surface area contributed by atoms with Crippen molar-refractivity contribution < 1.29 is 9.53 Å². The van der Waals surface area contributed by atoms with Gasteiger partial charge in [0.05, 0.1) is 16.3 Å². The third-order valence-electron chi connectivity index (χ3n) is 4.45. The molecule has 5 nitrogen and oxygen atoms in total. The summed E-state index contributed by atoms with van der Waals surface area (Å²) in [5, 5.41) is 4.98. The molecule has 1 N–H and O–H groups in total. The van der Waals surface area contributed by atoms with Crippen molar-refractivity contribution in [1.82, 2.24) is 9.88 Å². The summed E-state index contributed by atoms with van der Waals surface area (Å²) in [5.74, 6) is 0.521. The number of hydrogen-bond acceptors (Lipinski definition) is 4. The fourth-order valence-corrected chi connectivity index (χ4v) is 3.76. The van der Waals surface area contributed by atoms with Gasteiger partial charge in [-0.1, -0.05) is 13.8 Å². The lowest BCUT2D eigenvalue weighted by molar-refractivity contribution is -0.00491. The number of urea groups is 1. The maximum atomic E-state index is 12.6. The van der Waals surface area contributed by atoms with Crippen molar-refractivity contribution in [1.29, 1.82) is 0 Å². The molecule has 6 heteroatoms. The maximum absolute atomic E-state index is 12.6. The first-order valence-corrected chi connectivity index (χ1v) is 9.22. The summed E-state index contributed by atoms with van der Waals surface area (Å²) in [5.41, 5.74) is 0.895. The van der Waals surface area contributed by atoms with E-state index in [4.69, 9.17) is 4.74 Å². The van der Waals surface area contributed by atoms with Gasteiger partial charge in [-0.05, 0) is 45.4 Å². The van der Waals surface area contributed by atoms with Crippen molar-refractivity contribution in [3.05, 3.63) is 10.7 Å². The number of thiazole rings is 1. The van der Waals surface area contributed by atoms with Crippen LogP contribution >= 0.6 is 11.3 Å². The number of hydrogen-bond donors (Lipinski definition) is 1. The number of nitrogens with one attached hydrogen (secondary N) is 1. The van der Waals surface area contributed by atoms with Gasteiger partial charge in [-0.3, -0.25) is 5.32 Å². The van der Waals surface area contributed by atoms with Crippen LogP contribution in [-0.2, 0) is 11.2 Å². The van der Waals surface area contributed by atoms with Crippen LogP contribution in [0.3, 0.4) is 0 Å². The number of nitrogens with zero attached hydrogens (tertiary/aromatic N) is 2. The lowest BCUT2D eigenvalue weighted by Crippen LogP contribution is -2.37. The van der Waals surface area contributed by atoms with Crippen molar-refractivity contribution in [2.24, 2.45) is 5.92 Å². The van der Waals surface area contributed by atoms with Crippen LogP contribution in [0.1, 0.15) is 50.7 Å². The third kappa shape index (κ3) is 4.91. The minimum atomic E-state index is -0.112. The van der Waals surface area contributed by atoms with Gasteiger partial charge in [0.1, 0.15) is 5.00 Å². The quantitative estimate of drug-likeness (QED) is 0.899. The van der Waals surface area contributed by atoms with Gasteiger partial charge in [0.15, 0.2) is 0 Å². The molecule has 0 aliphatic carbocycles. The van der Waals surface area contributed by atoms with E-state index in [1.807, 2.05) is 11.8 Å². The van der Waals surface area contributed by atoms with Gasteiger partial charge >= 0.3 is 6.03 Å². The molecule has 1 atom stereocenters. The van der Waals surface area contributed by atoms with E-state index in [0.717, 1.165) is 54.5 Å². The van der Waals surface area contributed by atoms with Crippen LogP contribution in [-0.4, -0.2) is 41.7 Å². The fourth-order valence-electron chi connectivity index (χ4n) is 2.93. The van der Waals surface area contributed by atoms with Crippen molar-refractivity contribution in [3.8, 4) is 0 Å². The molecule has 0 aromatic carbocycles. The molecule has 0 spiro atoms. The maximum Gasteiger partial charge on any atom is 0.322 e. The highest BCUT2D eigenvalue weighted by Crippen LogP contribution is 2.28. The molecule has 130 valence electrons. The molecular weight excluding hydrogens is 310 g/mol. The minimum Gasteiger partial charge on any atom is -0.378 e. The number of carbonyl (C=O) groups excluding carboxylic acids is 1. The van der Waals surface area contributed by atoms with E-state index in [9.17, 15) is 4.79 Å². The minimum absolute atomic E-state index is 0.0148. The Labute approximate surface area is 143 Å². The SMILES string of the molecule is CO[C@@]1(C)CCCN(C(=O)Nc2sc(C)nc2CC(C)C)CC1. The first kappa shape index (κ1) is 18.2. The molecule has 23 heavy (non-hydrogen) atoms. The Morgan fingerprint density at radius 3 is 2.83 bits per heavy atom. The van der Waals surface area contributed by atoms with Crippen molar-refractivity contribution in [2.45, 2.75) is 59.0 Å². The van der Waals surface area contributed by atoms with E-state index in [1.54, 1.807) is 18.4 Å². The molecule has 0 bridgehead atoms. The number of carbonyl (C=O) groups is 1. The van der Waals surface area contributed by atoms with E-state index >= 15 is 0 Å². The molecule has 1 aromatic rings. The second-order valence-corrected chi connectivity index (χ2v) is 8.23. The van der Waals surface area contributed by atoms with Gasteiger partial charge in [0.25, 0.3) is 0 Å². The van der Waals surface area contributed by atoms with Crippen LogP contribution in [0.25, 0.3) is 0 Å². The Morgan fingerprint density at radius 1 is 1.43 bits per heavy atom. The highest BCUT2D eigenvalue weighted by atomic mass is 32.1. The molecule has 0 radical (unpaired) electrons. The van der Waals surface area contributed by atoms with Crippen LogP contribution in [0.15, 0.2) is 0 Å². The normalized spacial score (nSPS) is 22.3. The van der Waals surface area contributed by atoms with Gasteiger partial charge in [0.2, 0.25) is 0 Å². The van der Waals surface area contributed by atoms with Crippen LogP contribution in [0.5, 0.6) is 0 Å². The summed E-state index contributed by atoms with van der Waals surface area (Å²) < 4.78 is 5.60. The summed E-state index contributed by atoms with van der Waals surface area (Å²) in [4.78, 5) is 19.1. The highest BCUT2D eigenvalue weighted by molar-refractivity contribution is 7.16. The number of likely N-dealkylation sites (tertiary alicyclic amines) is 1. The monoisotopic (exact) mass is 339 g/mol. The summed E-state index contributed by atoms with van der Waals surface area (Å²) >= 11 is 1.56. The standard InChI is InChI=1S/C17H29N3O2S/c1-12(2)11-14-15(23-13(3)18-14)19-16(21)20-9-6-7-17(4,22-5)8-10-20/h12H,6-11H2,1-5H3,(H,19,21)/t17-/m0/s1. The number of aromatic nitrogens is 1. The van der Waals surface area contributed by atoms with Crippen LogP contribution in [0, 0.1) is 12.8 Å². The molecule has 1 fully saturated rings. The Hall–Kier alpha value is -1.14. The molecule has 2 amide bonds. The summed E-state index contributed by atoms with van der Waals surface area (Å²) in [7, 11) is 1.76. The first-order valence-electron chi connectivity index (χ1n) is 8.40.